The number of guanidine groups is 1. The van der Waals surface area contributed by atoms with Crippen LogP contribution in [0, 0.1) is 17.8 Å². The van der Waals surface area contributed by atoms with Crippen LogP contribution in [0.4, 0.5) is 0 Å². The van der Waals surface area contributed by atoms with E-state index in [0.29, 0.717) is 0 Å². The molecule has 31 heavy (non-hydrogen) atoms. The van der Waals surface area contributed by atoms with Crippen LogP contribution in [-0.2, 0) is 22.4 Å². The van der Waals surface area contributed by atoms with Gasteiger partial charge in [-0.3, -0.25) is 4.79 Å². The smallest absolute Gasteiger partial charge is 0.252 e. The Morgan fingerprint density at radius 1 is 1.13 bits per heavy atom. The van der Waals surface area contributed by atoms with Crippen LogP contribution in [-0.4, -0.2) is 31.7 Å². The highest BCUT2D eigenvalue weighted by Crippen LogP contribution is 2.27. The third-order valence-corrected chi connectivity index (χ3v) is 5.67. The molecule has 1 amide bonds. The number of fused-ring (bicyclic) bond motifs is 1. The summed E-state index contributed by atoms with van der Waals surface area (Å²) in [5.41, 5.74) is 12.8. The lowest BCUT2D eigenvalue weighted by atomic mass is 9.86. The molecule has 5 N–H and O–H groups in total. The molecule has 0 unspecified atom stereocenters. The fraction of sp³-hybridized carbons (Fsp3) is 0.640. The van der Waals surface area contributed by atoms with Gasteiger partial charge in [0.25, 0.3) is 5.91 Å². The lowest BCUT2D eigenvalue weighted by Crippen LogP contribution is -2.26. The second-order valence-corrected chi connectivity index (χ2v) is 8.95. The summed E-state index contributed by atoms with van der Waals surface area (Å²) >= 11 is 0. The van der Waals surface area contributed by atoms with Crippen molar-refractivity contribution in [2.45, 2.75) is 71.6 Å². The number of hydrogen-bond acceptors (Lipinski definition) is 3. The van der Waals surface area contributed by atoms with E-state index in [1.54, 1.807) is 0 Å². The van der Waals surface area contributed by atoms with Crippen LogP contribution in [0.15, 0.2) is 29.3 Å². The zero-order chi connectivity index (χ0) is 23.1. The van der Waals surface area contributed by atoms with Crippen molar-refractivity contribution in [1.82, 2.24) is 5.32 Å². The van der Waals surface area contributed by atoms with Crippen LogP contribution >= 0.6 is 0 Å². The van der Waals surface area contributed by atoms with Crippen molar-refractivity contribution in [2.75, 3.05) is 13.6 Å². The number of nitrogens with zero attached hydrogens (tertiary/aromatic N) is 1. The highest BCUT2D eigenvalue weighted by molar-refractivity contribution is 5.93. The maximum absolute atomic E-state index is 11.6. The maximum atomic E-state index is 11.6. The van der Waals surface area contributed by atoms with Gasteiger partial charge in [0.1, 0.15) is 6.29 Å². The molecule has 0 aromatic heterocycles. The average molecular weight is 431 g/mol. The van der Waals surface area contributed by atoms with E-state index in [1.165, 1.54) is 43.2 Å². The molecule has 0 radical (unpaired) electrons. The quantitative estimate of drug-likeness (QED) is 0.363. The van der Waals surface area contributed by atoms with E-state index < -0.39 is 0 Å². The third-order valence-electron chi connectivity index (χ3n) is 5.67. The summed E-state index contributed by atoms with van der Waals surface area (Å²) in [6.45, 7) is 5.51. The summed E-state index contributed by atoms with van der Waals surface area (Å²) in [5, 5.41) is 3.07. The number of carbonyl (C=O) groups is 2. The minimum Gasteiger partial charge on any atom is -0.370 e. The molecule has 0 spiro atoms. The average Bonchev–Trinajstić information content (AvgIpc) is 3.18. The Morgan fingerprint density at radius 3 is 2.13 bits per heavy atom. The lowest BCUT2D eigenvalue weighted by molar-refractivity contribution is -0.121. The zero-order valence-electron chi connectivity index (χ0n) is 19.6. The number of nitrogens with one attached hydrogen (secondary N) is 1. The van der Waals surface area contributed by atoms with E-state index in [4.69, 9.17) is 11.5 Å². The Morgan fingerprint density at radius 2 is 1.71 bits per heavy atom. The van der Waals surface area contributed by atoms with Crippen molar-refractivity contribution in [1.29, 1.82) is 0 Å². The molecule has 6 nitrogen and oxygen atoms in total. The molecule has 174 valence electrons. The van der Waals surface area contributed by atoms with Crippen molar-refractivity contribution in [3.63, 3.8) is 0 Å². The van der Waals surface area contributed by atoms with E-state index in [0.717, 1.165) is 50.4 Å². The number of carbonyl (C=O) groups excluding carboxylic acids is 2. The van der Waals surface area contributed by atoms with Crippen molar-refractivity contribution in [3.05, 3.63) is 35.4 Å². The first-order valence-electron chi connectivity index (χ1n) is 11.7. The first-order chi connectivity index (χ1) is 14.9. The van der Waals surface area contributed by atoms with E-state index in [-0.39, 0.29) is 17.8 Å². The standard InChI is InChI=1S/C11H13N3O.C9H16O.C5H13N/c12-11(13)14-10(15)9-5-7-3-1-2-4-8(7)6-9;10-8-4-7-9-5-2-1-3-6-9;1-5(2)4-6-3/h1-4,9H,5-6H2,(H4,12,13,14,15);8-9H,1-7H2;5-6H,4H2,1-3H3. The molecule has 0 atom stereocenters. The molecule has 0 heterocycles. The number of benzene rings is 1. The van der Waals surface area contributed by atoms with Gasteiger partial charge in [-0.15, -0.1) is 0 Å². The van der Waals surface area contributed by atoms with Gasteiger partial charge < -0.3 is 21.6 Å². The fourth-order valence-corrected chi connectivity index (χ4v) is 4.14. The van der Waals surface area contributed by atoms with Gasteiger partial charge in [-0.2, -0.15) is 4.99 Å². The van der Waals surface area contributed by atoms with Gasteiger partial charge >= 0.3 is 0 Å². The van der Waals surface area contributed by atoms with Crippen molar-refractivity contribution in [2.24, 2.45) is 34.2 Å². The Balaban J connectivity index is 0.000000260. The largest absolute Gasteiger partial charge is 0.370 e. The molecule has 3 rings (SSSR count). The van der Waals surface area contributed by atoms with Crippen LogP contribution in [0.25, 0.3) is 0 Å². The first kappa shape index (κ1) is 26.8. The fourth-order valence-electron chi connectivity index (χ4n) is 4.14. The summed E-state index contributed by atoms with van der Waals surface area (Å²) in [6, 6.07) is 8.04. The van der Waals surface area contributed by atoms with Crippen LogP contribution < -0.4 is 16.8 Å². The molecule has 2 aliphatic carbocycles. The summed E-state index contributed by atoms with van der Waals surface area (Å²) in [6.07, 6.45) is 11.4. The van der Waals surface area contributed by atoms with E-state index in [9.17, 15) is 9.59 Å². The number of nitrogens with two attached hydrogens (primary N) is 2. The molecule has 1 saturated carbocycles. The van der Waals surface area contributed by atoms with Gasteiger partial charge in [0.2, 0.25) is 0 Å². The normalized spacial score (nSPS) is 15.7. The van der Waals surface area contributed by atoms with E-state index >= 15 is 0 Å². The van der Waals surface area contributed by atoms with Crippen LogP contribution in [0.5, 0.6) is 0 Å². The molecule has 2 aliphatic rings. The molecule has 6 heteroatoms. The summed E-state index contributed by atoms with van der Waals surface area (Å²) < 4.78 is 0. The highest BCUT2D eigenvalue weighted by Gasteiger charge is 2.26. The van der Waals surface area contributed by atoms with Crippen molar-refractivity contribution >= 4 is 18.2 Å². The number of aldehydes is 1. The predicted molar refractivity (Wildman–Crippen MR) is 129 cm³/mol. The minimum atomic E-state index is -0.216. The SMILES string of the molecule is CNCC(C)C.NC(N)=NC(=O)C1Cc2ccccc2C1.O=CCCC1CCCCC1. The zero-order valence-corrected chi connectivity index (χ0v) is 19.6. The number of aliphatic imine (C=N–C) groups is 1. The second kappa shape index (κ2) is 15.6. The molecule has 0 aliphatic heterocycles. The molecular formula is C25H42N4O2. The summed E-state index contributed by atoms with van der Waals surface area (Å²) in [5.74, 6) is 1.20. The van der Waals surface area contributed by atoms with Gasteiger partial charge in [0, 0.05) is 12.3 Å². The van der Waals surface area contributed by atoms with Crippen molar-refractivity contribution < 1.29 is 9.59 Å². The number of rotatable bonds is 6. The third kappa shape index (κ3) is 11.7. The van der Waals surface area contributed by atoms with Crippen LogP contribution in [0.3, 0.4) is 0 Å². The lowest BCUT2D eigenvalue weighted by Gasteiger charge is -2.19. The Hall–Kier alpha value is -2.21. The van der Waals surface area contributed by atoms with E-state index in [2.05, 4.69) is 24.2 Å². The van der Waals surface area contributed by atoms with Gasteiger partial charge in [-0.05, 0) is 55.8 Å². The Kier molecular flexibility index (Phi) is 13.5. The summed E-state index contributed by atoms with van der Waals surface area (Å²) in [7, 11) is 1.97. The topological polar surface area (TPSA) is 111 Å². The molecule has 1 fully saturated rings. The maximum Gasteiger partial charge on any atom is 0.252 e. The van der Waals surface area contributed by atoms with Crippen LogP contribution in [0.2, 0.25) is 0 Å². The Bertz CT molecular complexity index is 653. The molecule has 0 bridgehead atoms. The van der Waals surface area contributed by atoms with Gasteiger partial charge in [-0.1, -0.05) is 70.2 Å². The van der Waals surface area contributed by atoms with Crippen LogP contribution in [0.1, 0.15) is 69.9 Å². The van der Waals surface area contributed by atoms with Gasteiger partial charge in [-0.25, -0.2) is 0 Å². The first-order valence-corrected chi connectivity index (χ1v) is 11.7. The van der Waals surface area contributed by atoms with Crippen molar-refractivity contribution in [3.8, 4) is 0 Å². The van der Waals surface area contributed by atoms with E-state index in [1.807, 2.05) is 31.3 Å². The monoisotopic (exact) mass is 430 g/mol. The number of amides is 1. The number of hydrogen-bond donors (Lipinski definition) is 3. The molecule has 1 aromatic carbocycles. The van der Waals surface area contributed by atoms with Gasteiger partial charge in [0.05, 0.1) is 0 Å². The summed E-state index contributed by atoms with van der Waals surface area (Å²) in [4.78, 5) is 25.2. The molecule has 0 saturated heterocycles. The minimum absolute atomic E-state index is 0.0931. The second-order valence-electron chi connectivity index (χ2n) is 8.95. The predicted octanol–water partition coefficient (Wildman–Crippen LogP) is 3.61. The molecular weight excluding hydrogens is 388 g/mol. The Labute approximate surface area is 188 Å². The highest BCUT2D eigenvalue weighted by atomic mass is 16.1. The molecule has 1 aromatic rings. The van der Waals surface area contributed by atoms with Gasteiger partial charge in [0.15, 0.2) is 5.96 Å².